The number of hydrogen-bond donors (Lipinski definition) is 1. The molecule has 0 fully saturated rings. The third-order valence-corrected chi connectivity index (χ3v) is 4.92. The van der Waals surface area contributed by atoms with Gasteiger partial charge in [-0.1, -0.05) is 12.1 Å². The molecule has 0 aliphatic carbocycles. The lowest BCUT2D eigenvalue weighted by atomic mass is 10.2. The van der Waals surface area contributed by atoms with Crippen LogP contribution in [-0.2, 0) is 21.3 Å². The van der Waals surface area contributed by atoms with Crippen molar-refractivity contribution in [2.75, 3.05) is 20.3 Å². The van der Waals surface area contributed by atoms with Gasteiger partial charge in [0, 0.05) is 31.8 Å². The molecule has 1 atom stereocenters. The number of benzene rings is 1. The number of H-pyrrole nitrogens is 1. The van der Waals surface area contributed by atoms with Crippen molar-refractivity contribution in [2.45, 2.75) is 24.3 Å². The number of para-hydroxylation sites is 2. The molecule has 25 heavy (non-hydrogen) atoms. The first-order valence-electron chi connectivity index (χ1n) is 9.38. The van der Waals surface area contributed by atoms with Gasteiger partial charge in [-0.15, -0.1) is 0 Å². The number of imidazole rings is 1. The van der Waals surface area contributed by atoms with Gasteiger partial charge in [-0.3, -0.25) is 9.19 Å². The zero-order valence-electron chi connectivity index (χ0n) is 16.8. The Morgan fingerprint density at radius 3 is 3.00 bits per heavy atom. The predicted molar refractivity (Wildman–Crippen MR) is 97.2 cm³/mol. The van der Waals surface area contributed by atoms with E-state index in [4.69, 9.17) is 13.6 Å². The largest absolute Gasteiger partial charge is 0.493 e. The van der Waals surface area contributed by atoms with Gasteiger partial charge in [0.25, 0.3) is 0 Å². The van der Waals surface area contributed by atoms with Crippen molar-refractivity contribution in [1.29, 1.82) is 0 Å². The van der Waals surface area contributed by atoms with Crippen LogP contribution in [-0.4, -0.2) is 39.4 Å². The standard InChI is InChI=1S/C18H21N3O3S/c1-13-16(19-9-8-17(13)24-11-5-10-23-2)12-25(22)18-20-14-6-3-4-7-15(14)21-18/h3-4,6-9H,5,10-12H2,1-2H3,(H,20,21)/t25-/m1/s1/i2D3. The van der Waals surface area contributed by atoms with Gasteiger partial charge in [-0.2, -0.15) is 0 Å². The fraction of sp³-hybridized carbons (Fsp3) is 0.333. The molecule has 3 aromatic rings. The molecule has 1 aromatic carbocycles. The lowest BCUT2D eigenvalue weighted by Crippen LogP contribution is -2.06. The molecule has 0 saturated carbocycles. The summed E-state index contributed by atoms with van der Waals surface area (Å²) in [7, 11) is -3.76. The van der Waals surface area contributed by atoms with Crippen molar-refractivity contribution in [1.82, 2.24) is 15.0 Å². The zero-order chi connectivity index (χ0) is 20.1. The van der Waals surface area contributed by atoms with Crippen molar-refractivity contribution in [3.8, 4) is 5.75 Å². The van der Waals surface area contributed by atoms with Gasteiger partial charge in [-0.25, -0.2) is 4.98 Å². The molecule has 0 saturated heterocycles. The van der Waals surface area contributed by atoms with Crippen LogP contribution in [0.2, 0.25) is 0 Å². The average Bonchev–Trinajstić information content (AvgIpc) is 3.07. The Hall–Kier alpha value is -2.25. The molecule has 132 valence electrons. The van der Waals surface area contributed by atoms with Crippen LogP contribution in [0.1, 0.15) is 21.8 Å². The number of aromatic amines is 1. The summed E-state index contributed by atoms with van der Waals surface area (Å²) < 4.78 is 44.1. The number of pyridine rings is 1. The molecule has 7 heteroatoms. The maximum atomic E-state index is 12.7. The van der Waals surface area contributed by atoms with E-state index in [0.717, 1.165) is 16.6 Å². The van der Waals surface area contributed by atoms with Crippen molar-refractivity contribution in [3.05, 3.63) is 47.8 Å². The van der Waals surface area contributed by atoms with Crippen LogP contribution >= 0.6 is 0 Å². The fourth-order valence-corrected chi connectivity index (χ4v) is 3.50. The first-order chi connectivity index (χ1) is 13.3. The summed E-state index contributed by atoms with van der Waals surface area (Å²) >= 11 is 0. The van der Waals surface area contributed by atoms with E-state index in [1.165, 1.54) is 0 Å². The van der Waals surface area contributed by atoms with E-state index in [2.05, 4.69) is 15.0 Å². The highest BCUT2D eigenvalue weighted by Crippen LogP contribution is 2.22. The minimum absolute atomic E-state index is 0.0869. The Morgan fingerprint density at radius 1 is 1.28 bits per heavy atom. The number of ether oxygens (including phenoxy) is 2. The molecule has 6 nitrogen and oxygen atoms in total. The van der Waals surface area contributed by atoms with Crippen LogP contribution in [0.15, 0.2) is 41.7 Å². The Morgan fingerprint density at radius 2 is 2.16 bits per heavy atom. The molecule has 0 radical (unpaired) electrons. The van der Waals surface area contributed by atoms with Crippen LogP contribution in [0.25, 0.3) is 11.0 Å². The quantitative estimate of drug-likeness (QED) is 0.623. The Balaban J connectivity index is 1.61. The van der Waals surface area contributed by atoms with Crippen molar-refractivity contribution in [3.63, 3.8) is 0 Å². The topological polar surface area (TPSA) is 77.1 Å². The molecule has 0 amide bonds. The van der Waals surface area contributed by atoms with Crippen molar-refractivity contribution >= 4 is 21.8 Å². The summed E-state index contributed by atoms with van der Waals surface area (Å²) in [5.74, 6) is 0.839. The predicted octanol–water partition coefficient (Wildman–Crippen LogP) is 2.99. The molecule has 0 aliphatic rings. The van der Waals surface area contributed by atoms with E-state index >= 15 is 0 Å². The number of methoxy groups -OCH3 is 1. The third kappa shape index (κ3) is 4.24. The SMILES string of the molecule is [2H]C([2H])([2H])OCCCOc1ccnc(C[S@@](=O)c2nc3ccccc3[nH]2)c1C. The Bertz CT molecular complexity index is 942. The smallest absolute Gasteiger partial charge is 0.197 e. The summed E-state index contributed by atoms with van der Waals surface area (Å²) in [5, 5.41) is 0.413. The van der Waals surface area contributed by atoms with E-state index in [0.29, 0.717) is 29.6 Å². The van der Waals surface area contributed by atoms with E-state index < -0.39 is 17.8 Å². The van der Waals surface area contributed by atoms with Crippen LogP contribution in [0.3, 0.4) is 0 Å². The number of rotatable bonds is 8. The van der Waals surface area contributed by atoms with Gasteiger partial charge in [0.15, 0.2) is 5.16 Å². The number of hydrogen-bond acceptors (Lipinski definition) is 5. The summed E-state index contributed by atoms with van der Waals surface area (Å²) in [5.41, 5.74) is 3.07. The highest BCUT2D eigenvalue weighted by Gasteiger charge is 2.14. The molecular weight excluding hydrogens is 338 g/mol. The van der Waals surface area contributed by atoms with Gasteiger partial charge in [0.1, 0.15) is 5.75 Å². The minimum atomic E-state index is -2.39. The number of nitrogens with zero attached hydrogens (tertiary/aromatic N) is 2. The van der Waals surface area contributed by atoms with Crippen LogP contribution in [0, 0.1) is 6.92 Å². The second-order valence-electron chi connectivity index (χ2n) is 5.48. The highest BCUT2D eigenvalue weighted by molar-refractivity contribution is 7.84. The first-order valence-corrected chi connectivity index (χ1v) is 9.20. The molecule has 3 rings (SSSR count). The molecule has 0 aliphatic heterocycles. The zero-order valence-corrected chi connectivity index (χ0v) is 14.6. The molecule has 0 unspecified atom stereocenters. The highest BCUT2D eigenvalue weighted by atomic mass is 32.2. The van der Waals surface area contributed by atoms with Crippen LogP contribution in [0.5, 0.6) is 5.75 Å². The first kappa shape index (κ1) is 14.0. The summed E-state index contributed by atoms with van der Waals surface area (Å²) in [4.78, 5) is 11.8. The van der Waals surface area contributed by atoms with Gasteiger partial charge in [0.2, 0.25) is 0 Å². The van der Waals surface area contributed by atoms with Gasteiger partial charge in [-0.05, 0) is 25.1 Å². The molecular formula is C18H21N3O3S. The third-order valence-electron chi connectivity index (χ3n) is 3.76. The maximum Gasteiger partial charge on any atom is 0.197 e. The Labute approximate surface area is 153 Å². The minimum Gasteiger partial charge on any atom is -0.493 e. The van der Waals surface area contributed by atoms with E-state index in [1.54, 1.807) is 12.3 Å². The summed E-state index contributed by atoms with van der Waals surface area (Å²) in [6.07, 6.45) is 2.05. The van der Waals surface area contributed by atoms with E-state index in [1.807, 2.05) is 31.2 Å². The molecule has 0 spiro atoms. The van der Waals surface area contributed by atoms with Gasteiger partial charge < -0.3 is 14.5 Å². The summed E-state index contributed by atoms with van der Waals surface area (Å²) in [6.45, 7) is 2.25. The van der Waals surface area contributed by atoms with Gasteiger partial charge >= 0.3 is 0 Å². The normalized spacial score (nSPS) is 14.7. The van der Waals surface area contributed by atoms with Crippen LogP contribution < -0.4 is 4.74 Å². The molecule has 0 bridgehead atoms. The molecule has 2 heterocycles. The number of nitrogens with one attached hydrogen (secondary N) is 1. The molecule has 2 aromatic heterocycles. The fourth-order valence-electron chi connectivity index (χ4n) is 2.40. The second kappa shape index (κ2) is 8.22. The lowest BCUT2D eigenvalue weighted by Gasteiger charge is -2.11. The molecule has 1 N–H and O–H groups in total. The van der Waals surface area contributed by atoms with E-state index in [9.17, 15) is 4.21 Å². The van der Waals surface area contributed by atoms with Gasteiger partial charge in [0.05, 0.1) is 44.0 Å². The lowest BCUT2D eigenvalue weighted by molar-refractivity contribution is 0.172. The number of aromatic nitrogens is 3. The number of fused-ring (bicyclic) bond motifs is 1. The van der Waals surface area contributed by atoms with E-state index in [-0.39, 0.29) is 12.4 Å². The monoisotopic (exact) mass is 362 g/mol. The average molecular weight is 362 g/mol. The van der Waals surface area contributed by atoms with Crippen LogP contribution in [0.4, 0.5) is 0 Å². The maximum absolute atomic E-state index is 12.7. The Kier molecular flexibility index (Phi) is 4.60. The summed E-state index contributed by atoms with van der Waals surface area (Å²) in [6, 6.07) is 9.25. The van der Waals surface area contributed by atoms with Crippen molar-refractivity contribution in [2.24, 2.45) is 0 Å². The second-order valence-corrected chi connectivity index (χ2v) is 6.85. The van der Waals surface area contributed by atoms with Crippen molar-refractivity contribution < 1.29 is 17.8 Å².